The predicted molar refractivity (Wildman–Crippen MR) is 69.0 cm³/mol. The highest BCUT2D eigenvalue weighted by atomic mass is 16.4. The van der Waals surface area contributed by atoms with Gasteiger partial charge in [0.15, 0.2) is 0 Å². The van der Waals surface area contributed by atoms with Crippen molar-refractivity contribution in [3.05, 3.63) is 35.4 Å². The van der Waals surface area contributed by atoms with Gasteiger partial charge in [-0.15, -0.1) is 0 Å². The van der Waals surface area contributed by atoms with E-state index in [4.69, 9.17) is 5.11 Å². The highest BCUT2D eigenvalue weighted by Crippen LogP contribution is 2.14. The van der Waals surface area contributed by atoms with Crippen molar-refractivity contribution in [3.8, 4) is 0 Å². The van der Waals surface area contributed by atoms with Gasteiger partial charge in [-0.05, 0) is 31.5 Å². The van der Waals surface area contributed by atoms with E-state index < -0.39 is 5.97 Å². The first-order chi connectivity index (χ1) is 8.04. The predicted octanol–water partition coefficient (Wildman–Crippen LogP) is 2.68. The second-order valence-electron chi connectivity index (χ2n) is 4.50. The van der Waals surface area contributed by atoms with E-state index in [0.717, 1.165) is 13.0 Å². The number of carboxylic acids is 1. The average Bonchev–Trinajstić information content (AvgIpc) is 2.28. The maximum absolute atomic E-state index is 10.8. The molecule has 1 aromatic carbocycles. The van der Waals surface area contributed by atoms with E-state index in [1.54, 1.807) is 0 Å². The number of aliphatic carboxylic acids is 1. The summed E-state index contributed by atoms with van der Waals surface area (Å²) in [5, 5.41) is 8.86. The summed E-state index contributed by atoms with van der Waals surface area (Å²) in [7, 11) is 1.99. The molecule has 1 aromatic rings. The molecule has 3 nitrogen and oxygen atoms in total. The Balaban J connectivity index is 2.67. The molecule has 0 fully saturated rings. The van der Waals surface area contributed by atoms with Crippen LogP contribution in [0.25, 0.3) is 0 Å². The van der Waals surface area contributed by atoms with Gasteiger partial charge in [-0.3, -0.25) is 9.69 Å². The van der Waals surface area contributed by atoms with Crippen molar-refractivity contribution in [3.63, 3.8) is 0 Å². The second kappa shape index (κ2) is 6.40. The van der Waals surface area contributed by atoms with E-state index in [1.165, 1.54) is 11.1 Å². The number of carbonyl (C=O) groups is 1. The molecular formula is C14H21NO2. The highest BCUT2D eigenvalue weighted by molar-refractivity contribution is 5.67. The minimum atomic E-state index is -0.728. The van der Waals surface area contributed by atoms with Crippen molar-refractivity contribution in [1.82, 2.24) is 4.90 Å². The molecule has 94 valence electrons. The minimum absolute atomic E-state index is 0.104. The summed E-state index contributed by atoms with van der Waals surface area (Å²) in [5.41, 5.74) is 2.52. The SMILES string of the molecule is CCC(CC(=O)O)N(C)Cc1ccccc1C. The molecule has 0 amide bonds. The second-order valence-corrected chi connectivity index (χ2v) is 4.50. The van der Waals surface area contributed by atoms with Crippen molar-refractivity contribution in [2.45, 2.75) is 39.3 Å². The van der Waals surface area contributed by atoms with Crippen LogP contribution in [0.5, 0.6) is 0 Å². The number of hydrogen-bond donors (Lipinski definition) is 1. The number of hydrogen-bond acceptors (Lipinski definition) is 2. The van der Waals surface area contributed by atoms with Crippen LogP contribution in [-0.4, -0.2) is 29.1 Å². The summed E-state index contributed by atoms with van der Waals surface area (Å²) in [6, 6.07) is 8.33. The van der Waals surface area contributed by atoms with Crippen LogP contribution in [-0.2, 0) is 11.3 Å². The third-order valence-corrected chi connectivity index (χ3v) is 3.19. The maximum Gasteiger partial charge on any atom is 0.304 e. The normalized spacial score (nSPS) is 12.7. The van der Waals surface area contributed by atoms with E-state index in [2.05, 4.69) is 24.0 Å². The Morgan fingerprint density at radius 1 is 1.41 bits per heavy atom. The quantitative estimate of drug-likeness (QED) is 0.824. The van der Waals surface area contributed by atoms with E-state index in [9.17, 15) is 4.79 Å². The van der Waals surface area contributed by atoms with Crippen molar-refractivity contribution < 1.29 is 9.90 Å². The molecule has 3 heteroatoms. The van der Waals surface area contributed by atoms with E-state index >= 15 is 0 Å². The fraction of sp³-hybridized carbons (Fsp3) is 0.500. The van der Waals surface area contributed by atoms with Crippen LogP contribution < -0.4 is 0 Å². The summed E-state index contributed by atoms with van der Waals surface area (Å²) >= 11 is 0. The van der Waals surface area contributed by atoms with E-state index in [0.29, 0.717) is 0 Å². The Hall–Kier alpha value is -1.35. The maximum atomic E-state index is 10.8. The number of benzene rings is 1. The fourth-order valence-corrected chi connectivity index (χ4v) is 2.00. The molecule has 1 unspecified atom stereocenters. The van der Waals surface area contributed by atoms with Gasteiger partial charge in [-0.2, -0.15) is 0 Å². The standard InChI is InChI=1S/C14H21NO2/c1-4-13(9-14(16)17)15(3)10-12-8-6-5-7-11(12)2/h5-8,13H,4,9-10H2,1-3H3,(H,16,17). The van der Waals surface area contributed by atoms with Crippen molar-refractivity contribution in [2.75, 3.05) is 7.05 Å². The minimum Gasteiger partial charge on any atom is -0.481 e. The van der Waals surface area contributed by atoms with Gasteiger partial charge in [0.2, 0.25) is 0 Å². The van der Waals surface area contributed by atoms with Crippen LogP contribution in [0.3, 0.4) is 0 Å². The number of aryl methyl sites for hydroxylation is 1. The first-order valence-corrected chi connectivity index (χ1v) is 6.01. The lowest BCUT2D eigenvalue weighted by atomic mass is 10.1. The van der Waals surface area contributed by atoms with Gasteiger partial charge in [0.05, 0.1) is 6.42 Å². The molecule has 0 saturated carbocycles. The monoisotopic (exact) mass is 235 g/mol. The van der Waals surface area contributed by atoms with Gasteiger partial charge in [-0.1, -0.05) is 31.2 Å². The molecule has 0 bridgehead atoms. The fourth-order valence-electron chi connectivity index (χ4n) is 2.00. The Labute approximate surface area is 103 Å². The summed E-state index contributed by atoms with van der Waals surface area (Å²) < 4.78 is 0. The van der Waals surface area contributed by atoms with Gasteiger partial charge in [0.1, 0.15) is 0 Å². The van der Waals surface area contributed by atoms with Gasteiger partial charge in [0, 0.05) is 12.6 Å². The average molecular weight is 235 g/mol. The summed E-state index contributed by atoms with van der Waals surface area (Å²) in [4.78, 5) is 12.9. The molecule has 0 aliphatic rings. The Kier molecular flexibility index (Phi) is 5.16. The zero-order valence-electron chi connectivity index (χ0n) is 10.8. The highest BCUT2D eigenvalue weighted by Gasteiger charge is 2.16. The molecule has 0 saturated heterocycles. The van der Waals surface area contributed by atoms with Gasteiger partial charge < -0.3 is 5.11 Å². The van der Waals surface area contributed by atoms with Crippen molar-refractivity contribution >= 4 is 5.97 Å². The first-order valence-electron chi connectivity index (χ1n) is 6.01. The van der Waals surface area contributed by atoms with Gasteiger partial charge >= 0.3 is 5.97 Å². The van der Waals surface area contributed by atoms with Crippen molar-refractivity contribution in [1.29, 1.82) is 0 Å². The molecule has 1 rings (SSSR count). The topological polar surface area (TPSA) is 40.5 Å². The lowest BCUT2D eigenvalue weighted by Crippen LogP contribution is -2.32. The van der Waals surface area contributed by atoms with Crippen LogP contribution >= 0.6 is 0 Å². The molecule has 0 spiro atoms. The summed E-state index contributed by atoms with van der Waals surface area (Å²) in [5.74, 6) is -0.728. The smallest absolute Gasteiger partial charge is 0.304 e. The number of nitrogens with zero attached hydrogens (tertiary/aromatic N) is 1. The number of rotatable bonds is 6. The molecule has 0 radical (unpaired) electrons. The summed E-state index contributed by atoms with van der Waals surface area (Å²) in [6.45, 7) is 4.92. The Bertz CT molecular complexity index is 376. The molecule has 0 aromatic heterocycles. The Morgan fingerprint density at radius 2 is 2.06 bits per heavy atom. The van der Waals surface area contributed by atoms with E-state index in [-0.39, 0.29) is 12.5 Å². The molecule has 0 aliphatic carbocycles. The van der Waals surface area contributed by atoms with Crippen LogP contribution in [0.2, 0.25) is 0 Å². The molecule has 17 heavy (non-hydrogen) atoms. The van der Waals surface area contributed by atoms with Crippen LogP contribution in [0.1, 0.15) is 30.9 Å². The molecular weight excluding hydrogens is 214 g/mol. The zero-order chi connectivity index (χ0) is 12.8. The molecule has 1 N–H and O–H groups in total. The van der Waals surface area contributed by atoms with E-state index in [1.807, 2.05) is 26.1 Å². The lowest BCUT2D eigenvalue weighted by Gasteiger charge is -2.26. The van der Waals surface area contributed by atoms with Gasteiger partial charge in [-0.25, -0.2) is 0 Å². The van der Waals surface area contributed by atoms with Gasteiger partial charge in [0.25, 0.3) is 0 Å². The lowest BCUT2D eigenvalue weighted by molar-refractivity contribution is -0.138. The molecule has 0 heterocycles. The third kappa shape index (κ3) is 4.19. The van der Waals surface area contributed by atoms with Crippen molar-refractivity contribution in [2.24, 2.45) is 0 Å². The number of carboxylic acid groups (broad SMARTS) is 1. The summed E-state index contributed by atoms with van der Waals surface area (Å²) in [6.07, 6.45) is 1.06. The third-order valence-electron chi connectivity index (χ3n) is 3.19. The largest absolute Gasteiger partial charge is 0.481 e. The van der Waals surface area contributed by atoms with Crippen LogP contribution in [0.4, 0.5) is 0 Å². The first kappa shape index (κ1) is 13.7. The molecule has 1 atom stereocenters. The van der Waals surface area contributed by atoms with Crippen LogP contribution in [0, 0.1) is 6.92 Å². The van der Waals surface area contributed by atoms with Crippen LogP contribution in [0.15, 0.2) is 24.3 Å². The zero-order valence-corrected chi connectivity index (χ0v) is 10.8. The molecule has 0 aliphatic heterocycles. The Morgan fingerprint density at radius 3 is 2.59 bits per heavy atom.